The quantitative estimate of drug-likeness (QED) is 0.244. The Hall–Kier alpha value is -1.85. The Kier molecular flexibility index (Phi) is 12.6. The van der Waals surface area contributed by atoms with Gasteiger partial charge < -0.3 is 15.0 Å². The maximum absolute atomic E-state index is 12.1. The fraction of sp³-hybridized carbons (Fsp3) is 0.435. The molecule has 0 amide bonds. The first kappa shape index (κ1) is 28.2. The second kappa shape index (κ2) is 14.3. The fourth-order valence-electron chi connectivity index (χ4n) is 2.92. The Morgan fingerprint density at radius 3 is 2.28 bits per heavy atom. The van der Waals surface area contributed by atoms with Crippen LogP contribution in [-0.4, -0.2) is 52.1 Å². The molecule has 0 aliphatic rings. The minimum absolute atomic E-state index is 0. The summed E-state index contributed by atoms with van der Waals surface area (Å²) in [6.07, 6.45) is 0. The summed E-state index contributed by atoms with van der Waals surface area (Å²) in [7, 11) is -1.35. The van der Waals surface area contributed by atoms with Crippen molar-refractivity contribution < 1.29 is 13.2 Å². The lowest BCUT2D eigenvalue weighted by molar-refractivity contribution is 0.281. The number of ether oxygens (including phenoxy) is 1. The van der Waals surface area contributed by atoms with Crippen LogP contribution in [-0.2, 0) is 22.3 Å². The van der Waals surface area contributed by atoms with Crippen LogP contribution in [0.2, 0.25) is 0 Å². The van der Waals surface area contributed by atoms with Gasteiger partial charge in [0.1, 0.15) is 12.4 Å². The zero-order valence-corrected chi connectivity index (χ0v) is 22.4. The Morgan fingerprint density at radius 1 is 1.06 bits per heavy atom. The number of sulfonamides is 1. The molecule has 0 heterocycles. The van der Waals surface area contributed by atoms with Crippen LogP contribution in [0.5, 0.6) is 5.75 Å². The summed E-state index contributed by atoms with van der Waals surface area (Å²) in [5.41, 5.74) is 1.77. The number of benzene rings is 2. The number of guanidine groups is 1. The Balaban J connectivity index is 0.00000512. The molecule has 0 bridgehead atoms. The molecule has 0 unspecified atom stereocenters. The van der Waals surface area contributed by atoms with Crippen molar-refractivity contribution in [3.63, 3.8) is 0 Å². The van der Waals surface area contributed by atoms with Gasteiger partial charge in [0.15, 0.2) is 5.96 Å². The standard InChI is InChI=1S/C23H34N4O3S.HI/c1-5-24-23(27(4)15-16-30-22-9-7-6-8-10-22)25-17-20-11-13-21(14-12-20)18-31(28,29)26-19(2)3;/h6-14,19,26H,5,15-18H2,1-4H3,(H,24,25);1H. The average Bonchev–Trinajstić information content (AvgIpc) is 2.71. The van der Waals surface area contributed by atoms with Crippen molar-refractivity contribution in [3.8, 4) is 5.75 Å². The largest absolute Gasteiger partial charge is 0.492 e. The van der Waals surface area contributed by atoms with Gasteiger partial charge in [0.05, 0.1) is 18.8 Å². The lowest BCUT2D eigenvalue weighted by Crippen LogP contribution is -2.40. The third-order valence-electron chi connectivity index (χ3n) is 4.34. The van der Waals surface area contributed by atoms with E-state index in [9.17, 15) is 8.42 Å². The lowest BCUT2D eigenvalue weighted by Gasteiger charge is -2.22. The molecule has 9 heteroatoms. The van der Waals surface area contributed by atoms with Gasteiger partial charge in [0, 0.05) is 19.6 Å². The minimum Gasteiger partial charge on any atom is -0.492 e. The third-order valence-corrected chi connectivity index (χ3v) is 5.89. The molecule has 0 aliphatic carbocycles. The van der Waals surface area contributed by atoms with Gasteiger partial charge in [0.2, 0.25) is 10.0 Å². The maximum Gasteiger partial charge on any atom is 0.216 e. The van der Waals surface area contributed by atoms with Gasteiger partial charge in [-0.25, -0.2) is 18.1 Å². The molecule has 0 aliphatic heterocycles. The van der Waals surface area contributed by atoms with Gasteiger partial charge >= 0.3 is 0 Å². The molecule has 2 aromatic carbocycles. The van der Waals surface area contributed by atoms with E-state index in [4.69, 9.17) is 9.73 Å². The van der Waals surface area contributed by atoms with Crippen molar-refractivity contribution in [3.05, 3.63) is 65.7 Å². The van der Waals surface area contributed by atoms with Gasteiger partial charge in [-0.3, -0.25) is 0 Å². The van der Waals surface area contributed by atoms with Crippen LogP contribution in [0, 0.1) is 0 Å². The van der Waals surface area contributed by atoms with E-state index in [-0.39, 0.29) is 35.8 Å². The van der Waals surface area contributed by atoms with E-state index in [0.717, 1.165) is 29.4 Å². The fourth-order valence-corrected chi connectivity index (χ4v) is 4.35. The average molecular weight is 575 g/mol. The number of hydrogen-bond donors (Lipinski definition) is 2. The molecule has 32 heavy (non-hydrogen) atoms. The van der Waals surface area contributed by atoms with Crippen LogP contribution in [0.15, 0.2) is 59.6 Å². The van der Waals surface area contributed by atoms with Crippen molar-refractivity contribution in [2.45, 2.75) is 39.1 Å². The SMILES string of the molecule is CCNC(=NCc1ccc(CS(=O)(=O)NC(C)C)cc1)N(C)CCOc1ccccc1.I. The van der Waals surface area contributed by atoms with Crippen molar-refractivity contribution in [2.75, 3.05) is 26.7 Å². The maximum atomic E-state index is 12.1. The van der Waals surface area contributed by atoms with Gasteiger partial charge in [-0.15, -0.1) is 24.0 Å². The highest BCUT2D eigenvalue weighted by atomic mass is 127. The molecule has 0 atom stereocenters. The number of rotatable bonds is 11. The van der Waals surface area contributed by atoms with Gasteiger partial charge in [-0.2, -0.15) is 0 Å². The van der Waals surface area contributed by atoms with Crippen LogP contribution < -0.4 is 14.8 Å². The van der Waals surface area contributed by atoms with E-state index in [0.29, 0.717) is 19.7 Å². The molecule has 0 aromatic heterocycles. The number of nitrogens with one attached hydrogen (secondary N) is 2. The molecule has 178 valence electrons. The van der Waals surface area contributed by atoms with Crippen LogP contribution in [0.25, 0.3) is 0 Å². The Labute approximate surface area is 209 Å². The predicted octanol–water partition coefficient (Wildman–Crippen LogP) is 3.61. The molecule has 2 rings (SSSR count). The Morgan fingerprint density at radius 2 is 1.69 bits per heavy atom. The predicted molar refractivity (Wildman–Crippen MR) is 142 cm³/mol. The molecular weight excluding hydrogens is 539 g/mol. The third kappa shape index (κ3) is 10.6. The van der Waals surface area contributed by atoms with Crippen LogP contribution in [0.4, 0.5) is 0 Å². The summed E-state index contributed by atoms with van der Waals surface area (Å²) < 4.78 is 32.5. The molecular formula is C23H35IN4O3S. The van der Waals surface area contributed by atoms with E-state index >= 15 is 0 Å². The molecule has 2 aromatic rings. The van der Waals surface area contributed by atoms with Crippen LogP contribution in [0.1, 0.15) is 31.9 Å². The zero-order chi connectivity index (χ0) is 22.7. The molecule has 0 radical (unpaired) electrons. The second-order valence-corrected chi connectivity index (χ2v) is 9.36. The molecule has 2 N–H and O–H groups in total. The second-order valence-electron chi connectivity index (χ2n) is 7.60. The number of halogens is 1. The summed E-state index contributed by atoms with van der Waals surface area (Å²) in [6.45, 7) is 8.17. The van der Waals surface area contributed by atoms with Crippen molar-refractivity contribution >= 4 is 40.0 Å². The summed E-state index contributed by atoms with van der Waals surface area (Å²) >= 11 is 0. The number of likely N-dealkylation sites (N-methyl/N-ethyl adjacent to an activating group) is 1. The number of para-hydroxylation sites is 1. The van der Waals surface area contributed by atoms with E-state index in [1.165, 1.54) is 0 Å². The summed E-state index contributed by atoms with van der Waals surface area (Å²) in [5.74, 6) is 1.62. The Bertz CT molecular complexity index is 920. The highest BCUT2D eigenvalue weighted by Crippen LogP contribution is 2.10. The molecule has 0 spiro atoms. The first-order valence-electron chi connectivity index (χ1n) is 10.5. The summed E-state index contributed by atoms with van der Waals surface area (Å²) in [4.78, 5) is 6.73. The molecule has 7 nitrogen and oxygen atoms in total. The minimum atomic E-state index is -3.33. The molecule has 0 saturated heterocycles. The van der Waals surface area contributed by atoms with E-state index in [2.05, 4.69) is 10.0 Å². The molecule has 0 saturated carbocycles. The smallest absolute Gasteiger partial charge is 0.216 e. The van der Waals surface area contributed by atoms with E-state index < -0.39 is 10.0 Å². The summed E-state index contributed by atoms with van der Waals surface area (Å²) in [6, 6.07) is 17.2. The van der Waals surface area contributed by atoms with Gasteiger partial charge in [-0.05, 0) is 44.0 Å². The van der Waals surface area contributed by atoms with E-state index in [1.54, 1.807) is 0 Å². The van der Waals surface area contributed by atoms with Gasteiger partial charge in [-0.1, -0.05) is 42.5 Å². The topological polar surface area (TPSA) is 83.0 Å². The number of hydrogen-bond acceptors (Lipinski definition) is 4. The highest BCUT2D eigenvalue weighted by molar-refractivity contribution is 14.0. The number of aliphatic imine (C=N–C) groups is 1. The van der Waals surface area contributed by atoms with Crippen molar-refractivity contribution in [1.29, 1.82) is 0 Å². The lowest BCUT2D eigenvalue weighted by atomic mass is 10.1. The monoisotopic (exact) mass is 574 g/mol. The highest BCUT2D eigenvalue weighted by Gasteiger charge is 2.13. The normalized spacial score (nSPS) is 11.7. The zero-order valence-electron chi connectivity index (χ0n) is 19.2. The van der Waals surface area contributed by atoms with Crippen LogP contribution >= 0.6 is 24.0 Å². The van der Waals surface area contributed by atoms with Crippen molar-refractivity contribution in [2.24, 2.45) is 4.99 Å². The van der Waals surface area contributed by atoms with Crippen molar-refractivity contribution in [1.82, 2.24) is 14.9 Å². The summed E-state index contributed by atoms with van der Waals surface area (Å²) in [5, 5.41) is 3.29. The van der Waals surface area contributed by atoms with Gasteiger partial charge in [0.25, 0.3) is 0 Å². The number of nitrogens with zero attached hydrogens (tertiary/aromatic N) is 2. The first-order valence-corrected chi connectivity index (χ1v) is 12.2. The first-order chi connectivity index (χ1) is 14.8. The molecule has 0 fully saturated rings. The van der Waals surface area contributed by atoms with Crippen LogP contribution in [0.3, 0.4) is 0 Å². The van der Waals surface area contributed by atoms with E-state index in [1.807, 2.05) is 87.3 Å².